The molecule has 0 aliphatic carbocycles. The van der Waals surface area contributed by atoms with E-state index in [-0.39, 0.29) is 23.1 Å². The van der Waals surface area contributed by atoms with Gasteiger partial charge in [-0.3, -0.25) is 14.6 Å². The molecule has 2 heterocycles. The maximum atomic E-state index is 13.2. The Hall–Kier alpha value is -2.09. The number of carbonyl (C=O) groups is 1. The summed E-state index contributed by atoms with van der Waals surface area (Å²) in [6.07, 6.45) is 4.31. The van der Waals surface area contributed by atoms with Crippen LogP contribution < -0.4 is 0 Å². The third kappa shape index (κ3) is 5.72. The average Bonchev–Trinajstić information content (AvgIpc) is 3.09. The molecule has 1 amide bonds. The van der Waals surface area contributed by atoms with E-state index in [0.717, 1.165) is 17.5 Å². The van der Waals surface area contributed by atoms with Crippen molar-refractivity contribution < 1.29 is 14.7 Å². The van der Waals surface area contributed by atoms with Gasteiger partial charge in [0.1, 0.15) is 17.2 Å². The van der Waals surface area contributed by atoms with Crippen LogP contribution in [0, 0.1) is 0 Å². The molecule has 1 aliphatic rings. The number of phenols is 1. The predicted molar refractivity (Wildman–Crippen MR) is 115 cm³/mol. The molecule has 7 heteroatoms. The third-order valence-electron chi connectivity index (χ3n) is 4.63. The number of carbonyl (C=O) groups excluding carboxylic acids is 1. The van der Waals surface area contributed by atoms with Gasteiger partial charge < -0.3 is 10.0 Å². The number of nitrogens with zero attached hydrogens (tertiary/aromatic N) is 3. The van der Waals surface area contributed by atoms with Gasteiger partial charge in [0.2, 0.25) is 5.91 Å². The van der Waals surface area contributed by atoms with Crippen molar-refractivity contribution in [2.75, 3.05) is 19.3 Å². The Labute approximate surface area is 176 Å². The molecular formula is C22H29N3O3S. The highest BCUT2D eigenvalue weighted by Gasteiger charge is 2.43. The molecular weight excluding hydrogens is 386 g/mol. The minimum atomic E-state index is -0.408. The normalized spacial score (nSPS) is 20.0. The van der Waals surface area contributed by atoms with Gasteiger partial charge in [-0.2, -0.15) is 5.06 Å². The Morgan fingerprint density at radius 3 is 2.66 bits per heavy atom. The largest absolute Gasteiger partial charge is 0.508 e. The Kier molecular flexibility index (Phi) is 6.82. The van der Waals surface area contributed by atoms with Crippen molar-refractivity contribution in [3.63, 3.8) is 0 Å². The second-order valence-corrected chi connectivity index (χ2v) is 9.34. The molecule has 156 valence electrons. The summed E-state index contributed by atoms with van der Waals surface area (Å²) in [5.74, 6) is 0.961. The first-order chi connectivity index (χ1) is 13.7. The smallest absolute Gasteiger partial charge is 0.243 e. The highest BCUT2D eigenvalue weighted by Crippen LogP contribution is 2.42. The molecule has 2 aromatic rings. The van der Waals surface area contributed by atoms with Gasteiger partial charge in [-0.05, 0) is 56.5 Å². The van der Waals surface area contributed by atoms with E-state index in [1.165, 1.54) is 0 Å². The predicted octanol–water partition coefficient (Wildman–Crippen LogP) is 3.63. The minimum absolute atomic E-state index is 0.0481. The summed E-state index contributed by atoms with van der Waals surface area (Å²) in [4.78, 5) is 25.5. The Bertz CT molecular complexity index is 808. The first-order valence-corrected chi connectivity index (χ1v) is 10.8. The second-order valence-electron chi connectivity index (χ2n) is 8.23. The number of hydrogen-bond donors (Lipinski definition) is 1. The summed E-state index contributed by atoms with van der Waals surface area (Å²) in [5, 5.41) is 11.2. The third-order valence-corrected chi connectivity index (χ3v) is 5.94. The molecule has 0 spiro atoms. The van der Waals surface area contributed by atoms with Crippen molar-refractivity contribution in [1.29, 1.82) is 0 Å². The number of amides is 1. The van der Waals surface area contributed by atoms with Gasteiger partial charge in [0.15, 0.2) is 0 Å². The summed E-state index contributed by atoms with van der Waals surface area (Å²) in [6.45, 7) is 6.58. The zero-order chi connectivity index (χ0) is 21.0. The average molecular weight is 416 g/mol. The SMILES string of the molecule is CN(CCc1ccc(O)cc1)C(=O)C1CSC(c2cccnc2)N1OC(C)(C)C. The van der Waals surface area contributed by atoms with Gasteiger partial charge in [0.05, 0.1) is 5.60 Å². The number of aromatic hydroxyl groups is 1. The molecule has 1 aromatic carbocycles. The number of phenolic OH excluding ortho intramolecular Hbond substituents is 1. The molecule has 1 aliphatic heterocycles. The first-order valence-electron chi connectivity index (χ1n) is 9.76. The quantitative estimate of drug-likeness (QED) is 0.777. The fourth-order valence-electron chi connectivity index (χ4n) is 3.19. The minimum Gasteiger partial charge on any atom is -0.508 e. The maximum absolute atomic E-state index is 13.2. The molecule has 1 fully saturated rings. The van der Waals surface area contributed by atoms with Gasteiger partial charge in [0, 0.05) is 31.7 Å². The lowest BCUT2D eigenvalue weighted by atomic mass is 10.1. The topological polar surface area (TPSA) is 65.9 Å². The van der Waals surface area contributed by atoms with Crippen LogP contribution in [0.3, 0.4) is 0 Å². The number of hydroxylamine groups is 2. The van der Waals surface area contributed by atoms with Crippen LogP contribution in [0.4, 0.5) is 0 Å². The van der Waals surface area contributed by atoms with Gasteiger partial charge in [0.25, 0.3) is 0 Å². The zero-order valence-electron chi connectivity index (χ0n) is 17.4. The molecule has 0 bridgehead atoms. The lowest BCUT2D eigenvalue weighted by molar-refractivity contribution is -0.248. The van der Waals surface area contributed by atoms with Gasteiger partial charge in [-0.1, -0.05) is 18.2 Å². The van der Waals surface area contributed by atoms with Crippen LogP contribution in [0.25, 0.3) is 0 Å². The van der Waals surface area contributed by atoms with Crippen LogP contribution in [-0.4, -0.2) is 56.9 Å². The number of pyridine rings is 1. The van der Waals surface area contributed by atoms with Crippen molar-refractivity contribution in [1.82, 2.24) is 14.9 Å². The molecule has 3 rings (SSSR count). The number of thioether (sulfide) groups is 1. The van der Waals surface area contributed by atoms with Gasteiger partial charge >= 0.3 is 0 Å². The van der Waals surface area contributed by atoms with E-state index in [1.54, 1.807) is 35.0 Å². The molecule has 0 radical (unpaired) electrons. The van der Waals surface area contributed by atoms with E-state index in [2.05, 4.69) is 4.98 Å². The molecule has 1 N–H and O–H groups in total. The number of hydrogen-bond acceptors (Lipinski definition) is 6. The summed E-state index contributed by atoms with van der Waals surface area (Å²) >= 11 is 1.70. The van der Waals surface area contributed by atoms with Crippen LogP contribution in [0.1, 0.15) is 37.3 Å². The van der Waals surface area contributed by atoms with E-state index < -0.39 is 5.60 Å². The van der Waals surface area contributed by atoms with E-state index in [4.69, 9.17) is 4.84 Å². The molecule has 29 heavy (non-hydrogen) atoms. The number of likely N-dealkylation sites (N-methyl/N-ethyl adjacent to an activating group) is 1. The lowest BCUT2D eigenvalue weighted by Gasteiger charge is -2.35. The highest BCUT2D eigenvalue weighted by atomic mass is 32.2. The summed E-state index contributed by atoms with van der Waals surface area (Å²) < 4.78 is 0. The Morgan fingerprint density at radius 1 is 1.31 bits per heavy atom. The fourth-order valence-corrected chi connectivity index (χ4v) is 4.51. The van der Waals surface area contributed by atoms with Crippen LogP contribution in [0.15, 0.2) is 48.8 Å². The van der Waals surface area contributed by atoms with E-state index in [0.29, 0.717) is 12.3 Å². The van der Waals surface area contributed by atoms with Crippen molar-refractivity contribution in [2.24, 2.45) is 0 Å². The van der Waals surface area contributed by atoms with E-state index in [9.17, 15) is 9.90 Å². The summed E-state index contributed by atoms with van der Waals surface area (Å²) in [5.41, 5.74) is 1.71. The van der Waals surface area contributed by atoms with Gasteiger partial charge in [-0.15, -0.1) is 11.8 Å². The molecule has 6 nitrogen and oxygen atoms in total. The van der Waals surface area contributed by atoms with E-state index in [1.807, 2.05) is 63.3 Å². The van der Waals surface area contributed by atoms with Crippen molar-refractivity contribution in [3.05, 3.63) is 59.9 Å². The maximum Gasteiger partial charge on any atom is 0.243 e. The lowest BCUT2D eigenvalue weighted by Crippen LogP contribution is -2.48. The zero-order valence-corrected chi connectivity index (χ0v) is 18.2. The first kappa shape index (κ1) is 21.6. The van der Waals surface area contributed by atoms with Crippen molar-refractivity contribution >= 4 is 17.7 Å². The molecule has 2 atom stereocenters. The van der Waals surface area contributed by atoms with Crippen molar-refractivity contribution in [2.45, 2.75) is 44.2 Å². The molecule has 2 unspecified atom stereocenters. The van der Waals surface area contributed by atoms with E-state index >= 15 is 0 Å². The summed E-state index contributed by atoms with van der Waals surface area (Å²) in [7, 11) is 1.83. The molecule has 1 saturated heterocycles. The monoisotopic (exact) mass is 415 g/mol. The van der Waals surface area contributed by atoms with Crippen LogP contribution in [0.5, 0.6) is 5.75 Å². The number of aromatic nitrogens is 1. The standard InChI is InChI=1S/C22H29N3O3S/c1-22(2,3)28-25-19(15-29-21(25)17-6-5-12-23-14-17)20(27)24(4)13-11-16-7-9-18(26)10-8-16/h5-10,12,14,19,21,26H,11,13,15H2,1-4H3. The molecule has 0 saturated carbocycles. The van der Waals surface area contributed by atoms with Crippen LogP contribution in [-0.2, 0) is 16.1 Å². The number of benzene rings is 1. The van der Waals surface area contributed by atoms with Gasteiger partial charge in [-0.25, -0.2) is 0 Å². The fraction of sp³-hybridized carbons (Fsp3) is 0.455. The van der Waals surface area contributed by atoms with Crippen LogP contribution >= 0.6 is 11.8 Å². The highest BCUT2D eigenvalue weighted by molar-refractivity contribution is 7.99. The second kappa shape index (κ2) is 9.15. The Morgan fingerprint density at radius 2 is 2.03 bits per heavy atom. The Balaban J connectivity index is 1.70. The van der Waals surface area contributed by atoms with Crippen molar-refractivity contribution in [3.8, 4) is 5.75 Å². The number of rotatable bonds is 6. The summed E-state index contributed by atoms with van der Waals surface area (Å²) in [6, 6.07) is 10.7. The molecule has 1 aromatic heterocycles. The van der Waals surface area contributed by atoms with Crippen LogP contribution in [0.2, 0.25) is 0 Å².